The Balaban J connectivity index is 0. The summed E-state index contributed by atoms with van der Waals surface area (Å²) in [5.41, 5.74) is 4.91. The van der Waals surface area contributed by atoms with Crippen LogP contribution in [0.2, 0.25) is 0 Å². The van der Waals surface area contributed by atoms with Crippen molar-refractivity contribution in [2.24, 2.45) is 5.73 Å². The first-order chi connectivity index (χ1) is 8.87. The molecule has 0 aromatic carbocycles. The van der Waals surface area contributed by atoms with Crippen LogP contribution in [0, 0.1) is 0 Å². The SMILES string of the molecule is C=CCN.O=S(=O)(O)CC(F)CCCCCCCF. The second-order valence-corrected chi connectivity index (χ2v) is 5.61. The second kappa shape index (κ2) is 13.9. The number of rotatable bonds is 10. The lowest BCUT2D eigenvalue weighted by Crippen LogP contribution is -2.16. The Morgan fingerprint density at radius 3 is 2.11 bits per heavy atom. The van der Waals surface area contributed by atoms with E-state index < -0.39 is 22.0 Å². The van der Waals surface area contributed by atoms with Crippen LogP contribution in [-0.4, -0.2) is 38.1 Å². The van der Waals surface area contributed by atoms with E-state index in [-0.39, 0.29) is 13.1 Å². The molecule has 0 bridgehead atoms. The lowest BCUT2D eigenvalue weighted by atomic mass is 10.1. The predicted octanol–water partition coefficient (Wildman–Crippen LogP) is 2.65. The maximum atomic E-state index is 12.9. The van der Waals surface area contributed by atoms with Crippen molar-refractivity contribution in [1.82, 2.24) is 0 Å². The molecule has 0 fully saturated rings. The summed E-state index contributed by atoms with van der Waals surface area (Å²) in [5, 5.41) is 0. The highest BCUT2D eigenvalue weighted by molar-refractivity contribution is 7.85. The third-order valence-electron chi connectivity index (χ3n) is 2.21. The molecule has 0 rings (SSSR count). The molecule has 0 aromatic heterocycles. The minimum absolute atomic E-state index is 0.134. The van der Waals surface area contributed by atoms with Gasteiger partial charge in [-0.2, -0.15) is 8.42 Å². The van der Waals surface area contributed by atoms with Gasteiger partial charge in [0.25, 0.3) is 10.1 Å². The predicted molar refractivity (Wildman–Crippen MR) is 74.2 cm³/mol. The number of alkyl halides is 2. The second-order valence-electron chi connectivity index (χ2n) is 4.12. The number of nitrogens with two attached hydrogens (primary N) is 1. The van der Waals surface area contributed by atoms with Crippen LogP contribution in [0.1, 0.15) is 38.5 Å². The Morgan fingerprint density at radius 2 is 1.68 bits per heavy atom. The fraction of sp³-hybridized carbons (Fsp3) is 0.833. The topological polar surface area (TPSA) is 80.4 Å². The van der Waals surface area contributed by atoms with Gasteiger partial charge in [0.15, 0.2) is 0 Å². The van der Waals surface area contributed by atoms with Crippen molar-refractivity contribution < 1.29 is 21.8 Å². The van der Waals surface area contributed by atoms with Gasteiger partial charge in [0.05, 0.1) is 6.67 Å². The summed E-state index contributed by atoms with van der Waals surface area (Å²) in [6, 6.07) is 0. The Bertz CT molecular complexity index is 297. The molecule has 1 unspecified atom stereocenters. The van der Waals surface area contributed by atoms with E-state index in [1.807, 2.05) is 0 Å². The van der Waals surface area contributed by atoms with E-state index in [1.165, 1.54) is 0 Å². The van der Waals surface area contributed by atoms with Gasteiger partial charge in [-0.15, -0.1) is 6.58 Å². The monoisotopic (exact) mass is 301 g/mol. The van der Waals surface area contributed by atoms with Crippen LogP contribution in [0.4, 0.5) is 8.78 Å². The van der Waals surface area contributed by atoms with Crippen LogP contribution in [-0.2, 0) is 10.1 Å². The zero-order valence-electron chi connectivity index (χ0n) is 11.2. The molecule has 7 heteroatoms. The van der Waals surface area contributed by atoms with Crippen molar-refractivity contribution in [3.63, 3.8) is 0 Å². The van der Waals surface area contributed by atoms with Crippen LogP contribution in [0.3, 0.4) is 0 Å². The molecule has 0 aliphatic rings. The molecule has 0 saturated heterocycles. The Morgan fingerprint density at radius 1 is 1.21 bits per heavy atom. The normalized spacial score (nSPS) is 12.4. The molecule has 0 heterocycles. The highest BCUT2D eigenvalue weighted by Gasteiger charge is 2.14. The van der Waals surface area contributed by atoms with Gasteiger partial charge in [-0.1, -0.05) is 31.8 Å². The zero-order chi connectivity index (χ0) is 15.1. The van der Waals surface area contributed by atoms with Gasteiger partial charge in [0.1, 0.15) is 11.9 Å². The molecule has 0 aliphatic carbocycles. The minimum Gasteiger partial charge on any atom is -0.327 e. The van der Waals surface area contributed by atoms with Crippen molar-refractivity contribution in [2.45, 2.75) is 44.7 Å². The maximum Gasteiger partial charge on any atom is 0.267 e. The van der Waals surface area contributed by atoms with E-state index >= 15 is 0 Å². The zero-order valence-corrected chi connectivity index (χ0v) is 12.0. The number of halogens is 2. The number of hydrogen-bond acceptors (Lipinski definition) is 3. The van der Waals surface area contributed by atoms with E-state index in [0.717, 1.165) is 19.3 Å². The highest BCUT2D eigenvalue weighted by atomic mass is 32.2. The van der Waals surface area contributed by atoms with Crippen LogP contribution >= 0.6 is 0 Å². The van der Waals surface area contributed by atoms with Gasteiger partial charge in [-0.05, 0) is 12.8 Å². The van der Waals surface area contributed by atoms with Gasteiger partial charge >= 0.3 is 0 Å². The molecule has 0 amide bonds. The Kier molecular flexibility index (Phi) is 15.2. The van der Waals surface area contributed by atoms with Gasteiger partial charge in [-0.25, -0.2) is 4.39 Å². The van der Waals surface area contributed by atoms with Gasteiger partial charge in [0.2, 0.25) is 0 Å². The molecule has 0 aliphatic heterocycles. The standard InChI is InChI=1S/C9H18F2O3S.C3H7N/c10-7-5-3-1-2-4-6-9(11)8-15(12,13)14;1-2-3-4/h9H,1-8H2,(H,12,13,14);2H,1,3-4H2. The quantitative estimate of drug-likeness (QED) is 0.369. The molecule has 19 heavy (non-hydrogen) atoms. The van der Waals surface area contributed by atoms with Gasteiger partial charge in [0, 0.05) is 6.54 Å². The summed E-state index contributed by atoms with van der Waals surface area (Å²) in [6.45, 7) is 3.61. The summed E-state index contributed by atoms with van der Waals surface area (Å²) in [6.07, 6.45) is 3.78. The van der Waals surface area contributed by atoms with Crippen LogP contribution in [0.15, 0.2) is 12.7 Å². The average Bonchev–Trinajstić information content (AvgIpc) is 2.32. The third-order valence-corrected chi connectivity index (χ3v) is 2.99. The molecular formula is C12H25F2NO3S. The first-order valence-electron chi connectivity index (χ1n) is 6.33. The third kappa shape index (κ3) is 23.0. The van der Waals surface area contributed by atoms with Crippen molar-refractivity contribution in [1.29, 1.82) is 0 Å². The van der Waals surface area contributed by atoms with Gasteiger partial charge in [-0.3, -0.25) is 8.94 Å². The first-order valence-corrected chi connectivity index (χ1v) is 7.94. The van der Waals surface area contributed by atoms with E-state index in [0.29, 0.717) is 19.4 Å². The smallest absolute Gasteiger partial charge is 0.267 e. The number of unbranched alkanes of at least 4 members (excludes halogenated alkanes) is 4. The highest BCUT2D eigenvalue weighted by Crippen LogP contribution is 2.10. The molecule has 0 saturated carbocycles. The van der Waals surface area contributed by atoms with E-state index in [2.05, 4.69) is 6.58 Å². The summed E-state index contributed by atoms with van der Waals surface area (Å²) >= 11 is 0. The lowest BCUT2D eigenvalue weighted by molar-refractivity contribution is 0.323. The minimum atomic E-state index is -4.20. The molecule has 0 aromatic rings. The van der Waals surface area contributed by atoms with Crippen LogP contribution in [0.5, 0.6) is 0 Å². The lowest BCUT2D eigenvalue weighted by Gasteiger charge is -2.05. The van der Waals surface area contributed by atoms with E-state index in [4.69, 9.17) is 10.3 Å². The molecule has 1 atom stereocenters. The maximum absolute atomic E-state index is 12.9. The molecule has 116 valence electrons. The largest absolute Gasteiger partial charge is 0.327 e. The molecule has 4 nitrogen and oxygen atoms in total. The summed E-state index contributed by atoms with van der Waals surface area (Å²) < 4.78 is 53.5. The van der Waals surface area contributed by atoms with E-state index in [9.17, 15) is 17.2 Å². The summed E-state index contributed by atoms with van der Waals surface area (Å²) in [7, 11) is -4.20. The molecular weight excluding hydrogens is 276 g/mol. The summed E-state index contributed by atoms with van der Waals surface area (Å²) in [4.78, 5) is 0. The number of hydrogen-bond donors (Lipinski definition) is 2. The van der Waals surface area contributed by atoms with E-state index in [1.54, 1.807) is 6.08 Å². The van der Waals surface area contributed by atoms with Crippen molar-refractivity contribution in [3.05, 3.63) is 12.7 Å². The van der Waals surface area contributed by atoms with Gasteiger partial charge < -0.3 is 5.73 Å². The Hall–Kier alpha value is -0.530. The molecule has 0 radical (unpaired) electrons. The van der Waals surface area contributed by atoms with Crippen molar-refractivity contribution in [3.8, 4) is 0 Å². The van der Waals surface area contributed by atoms with Crippen molar-refractivity contribution in [2.75, 3.05) is 19.0 Å². The van der Waals surface area contributed by atoms with Crippen molar-refractivity contribution >= 4 is 10.1 Å². The van der Waals surface area contributed by atoms with Crippen LogP contribution in [0.25, 0.3) is 0 Å². The fourth-order valence-electron chi connectivity index (χ4n) is 1.30. The Labute approximate surface area is 114 Å². The average molecular weight is 301 g/mol. The van der Waals surface area contributed by atoms with Crippen LogP contribution < -0.4 is 5.73 Å². The first kappa shape index (κ1) is 20.8. The molecule has 3 N–H and O–H groups in total. The molecule has 0 spiro atoms. The summed E-state index contributed by atoms with van der Waals surface area (Å²) in [5.74, 6) is -0.822. The fourth-order valence-corrected chi connectivity index (χ4v) is 1.93.